The summed E-state index contributed by atoms with van der Waals surface area (Å²) in [6.07, 6.45) is -3.06. The van der Waals surface area contributed by atoms with E-state index in [-0.39, 0.29) is 49.3 Å². The molecule has 1 unspecified atom stereocenters. The first-order valence-corrected chi connectivity index (χ1v) is 15.6. The van der Waals surface area contributed by atoms with Crippen molar-refractivity contribution in [3.05, 3.63) is 94.2 Å². The van der Waals surface area contributed by atoms with Gasteiger partial charge < -0.3 is 10.2 Å². The van der Waals surface area contributed by atoms with Crippen molar-refractivity contribution in [3.63, 3.8) is 0 Å². The summed E-state index contributed by atoms with van der Waals surface area (Å²) in [5.41, 5.74) is 0.00781. The molecule has 44 heavy (non-hydrogen) atoms. The number of amides is 1. The maximum absolute atomic E-state index is 14.6. The van der Waals surface area contributed by atoms with E-state index < -0.39 is 45.4 Å². The Morgan fingerprint density at radius 2 is 1.61 bits per heavy atom. The fourth-order valence-corrected chi connectivity index (χ4v) is 5.34. The zero-order valence-electron chi connectivity index (χ0n) is 23.9. The van der Waals surface area contributed by atoms with E-state index in [1.165, 1.54) is 49.4 Å². The summed E-state index contributed by atoms with van der Waals surface area (Å²) in [6.45, 7) is 1.60. The predicted octanol–water partition coefficient (Wildman–Crippen LogP) is 4.95. The molecule has 0 saturated carbocycles. The minimum Gasteiger partial charge on any atom is -0.356 e. The summed E-state index contributed by atoms with van der Waals surface area (Å²) >= 11 is 0. The molecule has 1 amide bonds. The van der Waals surface area contributed by atoms with Gasteiger partial charge in [0.1, 0.15) is 23.1 Å². The molecule has 0 bridgehead atoms. The fraction of sp³-hybridized carbons (Fsp3) is 0.367. The predicted molar refractivity (Wildman–Crippen MR) is 153 cm³/mol. The second-order valence-corrected chi connectivity index (χ2v) is 12.5. The average molecular weight is 639 g/mol. The van der Waals surface area contributed by atoms with Crippen molar-refractivity contribution in [2.75, 3.05) is 24.2 Å². The third-order valence-corrected chi connectivity index (χ3v) is 8.16. The number of anilines is 1. The molecule has 1 atom stereocenters. The van der Waals surface area contributed by atoms with Crippen LogP contribution in [-0.2, 0) is 34.1 Å². The van der Waals surface area contributed by atoms with Gasteiger partial charge in [0.2, 0.25) is 15.9 Å². The summed E-state index contributed by atoms with van der Waals surface area (Å²) < 4.78 is 93.2. The molecule has 1 saturated heterocycles. The molecular weight excluding hydrogens is 607 g/mol. The maximum Gasteiger partial charge on any atom is 0.433 e. The summed E-state index contributed by atoms with van der Waals surface area (Å²) in [4.78, 5) is 31.3. The van der Waals surface area contributed by atoms with Crippen LogP contribution in [0.4, 0.5) is 27.8 Å². The smallest absolute Gasteiger partial charge is 0.356 e. The molecule has 1 fully saturated rings. The van der Waals surface area contributed by atoms with E-state index in [9.17, 15) is 40.0 Å². The van der Waals surface area contributed by atoms with Crippen molar-refractivity contribution in [1.82, 2.24) is 15.0 Å². The minimum absolute atomic E-state index is 0.0363. The number of nitrogens with zero attached hydrogens (tertiary/aromatic N) is 2. The van der Waals surface area contributed by atoms with Crippen molar-refractivity contribution < 1.29 is 40.0 Å². The molecule has 236 valence electrons. The molecule has 0 radical (unpaired) electrons. The van der Waals surface area contributed by atoms with Gasteiger partial charge in [0.15, 0.2) is 5.78 Å². The Balaban J connectivity index is 1.45. The summed E-state index contributed by atoms with van der Waals surface area (Å²) in [6, 6.07) is 11.3. The van der Waals surface area contributed by atoms with E-state index in [0.717, 1.165) is 18.4 Å². The number of carbonyl (C=O) groups excluding carboxylic acids is 2. The first kappa shape index (κ1) is 33.0. The number of aromatic nitrogens is 1. The molecule has 1 aromatic heterocycles. The summed E-state index contributed by atoms with van der Waals surface area (Å²) in [5.74, 6) is -3.03. The zero-order chi connectivity index (χ0) is 32.2. The van der Waals surface area contributed by atoms with Crippen LogP contribution in [0.1, 0.15) is 58.4 Å². The Morgan fingerprint density at radius 3 is 2.20 bits per heavy atom. The normalized spacial score (nSPS) is 15.2. The van der Waals surface area contributed by atoms with Crippen LogP contribution in [-0.4, -0.2) is 44.4 Å². The third kappa shape index (κ3) is 8.38. The summed E-state index contributed by atoms with van der Waals surface area (Å²) in [5, 5.41) is 2.68. The first-order valence-electron chi connectivity index (χ1n) is 13.7. The van der Waals surface area contributed by atoms with E-state index in [1.807, 2.05) is 0 Å². The number of piperidine rings is 1. The Bertz CT molecular complexity index is 1620. The standard InChI is InChI=1S/C30H31F5N4O4S/c1-18(21-3-4-22(25(32)15-21)17-37-44(2,42)43)29(41)36-16-23-7-10-26(30(33,34)35)38-28(23)39-13-11-20(12-14-39)27(40)19-5-8-24(31)9-6-19/h3-10,15,18,20,37H,11-14,16-17H2,1-2H3,(H,36,41). The van der Waals surface area contributed by atoms with Gasteiger partial charge in [-0.25, -0.2) is 26.9 Å². The Kier molecular flexibility index (Phi) is 10.0. The number of sulfonamides is 1. The highest BCUT2D eigenvalue weighted by Gasteiger charge is 2.35. The molecule has 8 nitrogen and oxygen atoms in total. The van der Waals surface area contributed by atoms with Gasteiger partial charge in [-0.1, -0.05) is 18.2 Å². The molecule has 14 heteroatoms. The topological polar surface area (TPSA) is 108 Å². The van der Waals surface area contributed by atoms with Gasteiger partial charge in [-0.2, -0.15) is 13.2 Å². The van der Waals surface area contributed by atoms with Gasteiger partial charge in [0.05, 0.1) is 12.2 Å². The lowest BCUT2D eigenvalue weighted by atomic mass is 9.88. The van der Waals surface area contributed by atoms with E-state index in [1.54, 1.807) is 4.90 Å². The van der Waals surface area contributed by atoms with Gasteiger partial charge in [-0.05, 0) is 61.7 Å². The molecule has 1 aliphatic heterocycles. The number of benzene rings is 2. The second-order valence-electron chi connectivity index (χ2n) is 10.7. The molecule has 0 aliphatic carbocycles. The average Bonchev–Trinajstić information content (AvgIpc) is 2.98. The second kappa shape index (κ2) is 13.4. The number of halogens is 5. The van der Waals surface area contributed by atoms with Crippen LogP contribution in [0.15, 0.2) is 54.6 Å². The first-order chi connectivity index (χ1) is 20.6. The van der Waals surface area contributed by atoms with Crippen LogP contribution < -0.4 is 14.9 Å². The van der Waals surface area contributed by atoms with Crippen molar-refractivity contribution in [2.24, 2.45) is 5.92 Å². The Labute approximate surface area is 251 Å². The van der Waals surface area contributed by atoms with E-state index in [0.29, 0.717) is 29.5 Å². The Morgan fingerprint density at radius 1 is 0.977 bits per heavy atom. The highest BCUT2D eigenvalue weighted by atomic mass is 32.2. The quantitative estimate of drug-likeness (QED) is 0.241. The van der Waals surface area contributed by atoms with Crippen molar-refractivity contribution in [1.29, 1.82) is 0 Å². The van der Waals surface area contributed by atoms with Gasteiger partial charge in [0.25, 0.3) is 0 Å². The number of carbonyl (C=O) groups is 2. The van der Waals surface area contributed by atoms with Crippen LogP contribution in [0.25, 0.3) is 0 Å². The lowest BCUT2D eigenvalue weighted by Gasteiger charge is -2.33. The van der Waals surface area contributed by atoms with E-state index >= 15 is 0 Å². The number of ketones is 1. The summed E-state index contributed by atoms with van der Waals surface area (Å²) in [7, 11) is -3.53. The Hall–Kier alpha value is -3.91. The molecular formula is C30H31F5N4O4S. The van der Waals surface area contributed by atoms with Gasteiger partial charge in [0, 0.05) is 48.8 Å². The zero-order valence-corrected chi connectivity index (χ0v) is 24.7. The highest BCUT2D eigenvalue weighted by Crippen LogP contribution is 2.33. The van der Waals surface area contributed by atoms with Crippen molar-refractivity contribution >= 4 is 27.5 Å². The molecule has 1 aliphatic rings. The molecule has 4 rings (SSSR count). The number of pyridine rings is 1. The number of Topliss-reactive ketones (excluding diaryl/α,β-unsaturated/α-hetero) is 1. The van der Waals surface area contributed by atoms with Gasteiger partial charge in [-0.3, -0.25) is 9.59 Å². The molecule has 2 heterocycles. The molecule has 3 aromatic rings. The van der Waals surface area contributed by atoms with Gasteiger partial charge in [-0.15, -0.1) is 0 Å². The molecule has 2 N–H and O–H groups in total. The van der Waals surface area contributed by atoms with Crippen LogP contribution in [0, 0.1) is 17.6 Å². The lowest BCUT2D eigenvalue weighted by molar-refractivity contribution is -0.141. The van der Waals surface area contributed by atoms with Crippen LogP contribution in [0.5, 0.6) is 0 Å². The van der Waals surface area contributed by atoms with Crippen LogP contribution in [0.2, 0.25) is 0 Å². The highest BCUT2D eigenvalue weighted by molar-refractivity contribution is 7.88. The van der Waals surface area contributed by atoms with Crippen molar-refractivity contribution in [2.45, 2.75) is 44.9 Å². The fourth-order valence-electron chi connectivity index (χ4n) is 4.92. The monoisotopic (exact) mass is 638 g/mol. The minimum atomic E-state index is -4.70. The van der Waals surface area contributed by atoms with Crippen molar-refractivity contribution in [3.8, 4) is 0 Å². The lowest BCUT2D eigenvalue weighted by Crippen LogP contribution is -2.38. The van der Waals surface area contributed by atoms with Crippen LogP contribution in [0.3, 0.4) is 0 Å². The van der Waals surface area contributed by atoms with E-state index in [2.05, 4.69) is 15.0 Å². The van der Waals surface area contributed by atoms with Gasteiger partial charge >= 0.3 is 6.18 Å². The SMILES string of the molecule is CC(C(=O)NCc1ccc(C(F)(F)F)nc1N1CCC(C(=O)c2ccc(F)cc2)CC1)c1ccc(CNS(C)(=O)=O)c(F)c1. The number of hydrogen-bond donors (Lipinski definition) is 2. The number of rotatable bonds is 10. The molecule has 2 aromatic carbocycles. The number of hydrogen-bond acceptors (Lipinski definition) is 6. The van der Waals surface area contributed by atoms with E-state index in [4.69, 9.17) is 0 Å². The van der Waals surface area contributed by atoms with Crippen LogP contribution >= 0.6 is 0 Å². The molecule has 0 spiro atoms. The third-order valence-electron chi connectivity index (χ3n) is 7.49. The number of nitrogens with one attached hydrogen (secondary N) is 2. The largest absolute Gasteiger partial charge is 0.433 e. The maximum atomic E-state index is 14.6. The number of alkyl halides is 3.